The molecular weight excluding hydrogens is 359 g/mol. The van der Waals surface area contributed by atoms with Gasteiger partial charge in [0.2, 0.25) is 5.91 Å². The molecule has 0 aliphatic carbocycles. The standard InChI is InChI=1S/C22H19FN2OS/c23-18-8-9-19-17(13-18)14-20(21-7-4-12-27-21)25(19)15-22(26)24-11-10-16-5-2-1-3-6-16/h1-9,12-14H,10-11,15H2,(H,24,26). The minimum absolute atomic E-state index is 0.0504. The van der Waals surface area contributed by atoms with Gasteiger partial charge in [0.25, 0.3) is 0 Å². The maximum Gasteiger partial charge on any atom is 0.239 e. The molecule has 136 valence electrons. The molecule has 0 atom stereocenters. The van der Waals surface area contributed by atoms with Crippen molar-refractivity contribution in [1.82, 2.24) is 9.88 Å². The van der Waals surface area contributed by atoms with E-state index in [0.717, 1.165) is 27.9 Å². The SMILES string of the molecule is O=C(Cn1c(-c2cccs2)cc2cc(F)ccc21)NCCc1ccccc1. The summed E-state index contributed by atoms with van der Waals surface area (Å²) < 4.78 is 15.6. The van der Waals surface area contributed by atoms with Crippen LogP contribution in [0.2, 0.25) is 0 Å². The first-order valence-electron chi connectivity index (χ1n) is 8.84. The number of aromatic nitrogens is 1. The van der Waals surface area contributed by atoms with E-state index in [1.165, 1.54) is 17.7 Å². The van der Waals surface area contributed by atoms with Crippen molar-refractivity contribution in [3.63, 3.8) is 0 Å². The molecule has 0 aliphatic heterocycles. The molecule has 0 bridgehead atoms. The van der Waals surface area contributed by atoms with E-state index in [2.05, 4.69) is 17.4 Å². The Kier molecular flexibility index (Phi) is 5.03. The maximum atomic E-state index is 13.6. The van der Waals surface area contributed by atoms with E-state index in [-0.39, 0.29) is 18.3 Å². The van der Waals surface area contributed by atoms with Crippen LogP contribution in [0.25, 0.3) is 21.5 Å². The first-order valence-corrected chi connectivity index (χ1v) is 9.72. The topological polar surface area (TPSA) is 34.0 Å². The highest BCUT2D eigenvalue weighted by atomic mass is 32.1. The number of hydrogen-bond acceptors (Lipinski definition) is 2. The maximum absolute atomic E-state index is 13.6. The summed E-state index contributed by atoms with van der Waals surface area (Å²) in [6.07, 6.45) is 0.794. The van der Waals surface area contributed by atoms with E-state index in [1.54, 1.807) is 17.4 Å². The van der Waals surface area contributed by atoms with Crippen molar-refractivity contribution in [1.29, 1.82) is 0 Å². The molecule has 2 aromatic heterocycles. The fraction of sp³-hybridized carbons (Fsp3) is 0.136. The second kappa shape index (κ2) is 7.76. The normalized spacial score (nSPS) is 11.0. The number of hydrogen-bond donors (Lipinski definition) is 1. The molecule has 4 aromatic rings. The second-order valence-electron chi connectivity index (χ2n) is 6.38. The third-order valence-corrected chi connectivity index (χ3v) is 5.41. The Morgan fingerprint density at radius 2 is 1.89 bits per heavy atom. The summed E-state index contributed by atoms with van der Waals surface area (Å²) in [5.41, 5.74) is 2.99. The van der Waals surface area contributed by atoms with Crippen LogP contribution in [0.4, 0.5) is 4.39 Å². The van der Waals surface area contributed by atoms with E-state index >= 15 is 0 Å². The Balaban J connectivity index is 1.53. The third-order valence-electron chi connectivity index (χ3n) is 4.52. The molecule has 1 amide bonds. The number of halogens is 1. The Morgan fingerprint density at radius 3 is 2.67 bits per heavy atom. The lowest BCUT2D eigenvalue weighted by atomic mass is 10.1. The van der Waals surface area contributed by atoms with Crippen LogP contribution in [-0.2, 0) is 17.8 Å². The molecule has 0 saturated carbocycles. The molecule has 0 aliphatic rings. The lowest BCUT2D eigenvalue weighted by Gasteiger charge is -2.11. The summed E-state index contributed by atoms with van der Waals surface area (Å²) in [6, 6.07) is 20.7. The van der Waals surface area contributed by atoms with Gasteiger partial charge in [-0.2, -0.15) is 0 Å². The number of carbonyl (C=O) groups excluding carboxylic acids is 1. The van der Waals surface area contributed by atoms with Crippen molar-refractivity contribution in [2.24, 2.45) is 0 Å². The van der Waals surface area contributed by atoms with E-state index in [0.29, 0.717) is 6.54 Å². The number of carbonyl (C=O) groups is 1. The minimum atomic E-state index is -0.273. The van der Waals surface area contributed by atoms with Gasteiger partial charge in [-0.3, -0.25) is 4.79 Å². The average molecular weight is 378 g/mol. The van der Waals surface area contributed by atoms with Gasteiger partial charge in [-0.25, -0.2) is 4.39 Å². The molecule has 0 spiro atoms. The van der Waals surface area contributed by atoms with Gasteiger partial charge < -0.3 is 9.88 Å². The lowest BCUT2D eigenvalue weighted by Crippen LogP contribution is -2.29. The number of nitrogens with one attached hydrogen (secondary N) is 1. The van der Waals surface area contributed by atoms with Crippen LogP contribution in [0.3, 0.4) is 0 Å². The Labute approximate surface area is 161 Å². The summed E-state index contributed by atoms with van der Waals surface area (Å²) in [6.45, 7) is 0.794. The predicted octanol–water partition coefficient (Wildman–Crippen LogP) is 4.87. The first-order chi connectivity index (χ1) is 13.2. The van der Waals surface area contributed by atoms with Gasteiger partial charge in [-0.15, -0.1) is 11.3 Å². The molecule has 2 heterocycles. The van der Waals surface area contributed by atoms with Crippen LogP contribution in [0.1, 0.15) is 5.56 Å². The quantitative estimate of drug-likeness (QED) is 0.510. The lowest BCUT2D eigenvalue weighted by molar-refractivity contribution is -0.121. The Bertz CT molecular complexity index is 1050. The third kappa shape index (κ3) is 3.93. The van der Waals surface area contributed by atoms with Gasteiger partial charge in [-0.05, 0) is 47.7 Å². The number of benzene rings is 2. The molecule has 3 nitrogen and oxygen atoms in total. The van der Waals surface area contributed by atoms with Crippen LogP contribution in [0, 0.1) is 5.82 Å². The summed E-state index contributed by atoms with van der Waals surface area (Å²) in [5, 5.41) is 5.79. The second-order valence-corrected chi connectivity index (χ2v) is 7.33. The predicted molar refractivity (Wildman–Crippen MR) is 108 cm³/mol. The van der Waals surface area contributed by atoms with Gasteiger partial charge >= 0.3 is 0 Å². The molecule has 0 unspecified atom stereocenters. The monoisotopic (exact) mass is 378 g/mol. The zero-order valence-electron chi connectivity index (χ0n) is 14.7. The van der Waals surface area contributed by atoms with Crippen LogP contribution in [0.5, 0.6) is 0 Å². The van der Waals surface area contributed by atoms with Gasteiger partial charge in [0.15, 0.2) is 0 Å². The summed E-state index contributed by atoms with van der Waals surface area (Å²) in [7, 11) is 0. The largest absolute Gasteiger partial charge is 0.354 e. The van der Waals surface area contributed by atoms with E-state index in [4.69, 9.17) is 0 Å². The number of fused-ring (bicyclic) bond motifs is 1. The summed E-state index contributed by atoms with van der Waals surface area (Å²) in [4.78, 5) is 13.6. The molecule has 0 radical (unpaired) electrons. The van der Waals surface area contributed by atoms with Crippen molar-refractivity contribution < 1.29 is 9.18 Å². The van der Waals surface area contributed by atoms with Crippen molar-refractivity contribution in [2.75, 3.05) is 6.54 Å². The van der Waals surface area contributed by atoms with Crippen LogP contribution < -0.4 is 5.32 Å². The number of rotatable bonds is 6. The van der Waals surface area contributed by atoms with Gasteiger partial charge in [0, 0.05) is 17.4 Å². The Hall–Kier alpha value is -2.92. The fourth-order valence-electron chi connectivity index (χ4n) is 3.23. The summed E-state index contributed by atoms with van der Waals surface area (Å²) in [5.74, 6) is -0.324. The summed E-state index contributed by atoms with van der Waals surface area (Å²) >= 11 is 1.61. The molecule has 0 fully saturated rings. The highest BCUT2D eigenvalue weighted by molar-refractivity contribution is 7.13. The van der Waals surface area contributed by atoms with Gasteiger partial charge in [0.1, 0.15) is 12.4 Å². The van der Waals surface area contributed by atoms with Crippen LogP contribution in [-0.4, -0.2) is 17.0 Å². The fourth-order valence-corrected chi connectivity index (χ4v) is 3.98. The molecular formula is C22H19FN2OS. The number of nitrogens with zero attached hydrogens (tertiary/aromatic N) is 1. The van der Waals surface area contributed by atoms with Crippen molar-refractivity contribution in [2.45, 2.75) is 13.0 Å². The highest BCUT2D eigenvalue weighted by Gasteiger charge is 2.14. The molecule has 1 N–H and O–H groups in total. The highest BCUT2D eigenvalue weighted by Crippen LogP contribution is 2.31. The molecule has 27 heavy (non-hydrogen) atoms. The molecule has 5 heteroatoms. The first kappa shape index (κ1) is 17.5. The zero-order valence-corrected chi connectivity index (χ0v) is 15.5. The van der Waals surface area contributed by atoms with Gasteiger partial charge in [-0.1, -0.05) is 36.4 Å². The van der Waals surface area contributed by atoms with Gasteiger partial charge in [0.05, 0.1) is 10.6 Å². The molecule has 2 aromatic carbocycles. The van der Waals surface area contributed by atoms with Crippen molar-refractivity contribution >= 4 is 28.1 Å². The molecule has 0 saturated heterocycles. The van der Waals surface area contributed by atoms with Crippen LogP contribution >= 0.6 is 11.3 Å². The minimum Gasteiger partial charge on any atom is -0.354 e. The zero-order chi connectivity index (χ0) is 18.6. The van der Waals surface area contributed by atoms with Crippen molar-refractivity contribution in [3.05, 3.63) is 83.5 Å². The van der Waals surface area contributed by atoms with E-state index in [1.807, 2.05) is 46.3 Å². The Morgan fingerprint density at radius 1 is 1.04 bits per heavy atom. The smallest absolute Gasteiger partial charge is 0.239 e. The van der Waals surface area contributed by atoms with E-state index < -0.39 is 0 Å². The van der Waals surface area contributed by atoms with E-state index in [9.17, 15) is 9.18 Å². The van der Waals surface area contributed by atoms with Crippen LogP contribution in [0.15, 0.2) is 72.1 Å². The van der Waals surface area contributed by atoms with Crippen molar-refractivity contribution in [3.8, 4) is 10.6 Å². The molecule has 4 rings (SSSR count). The number of thiophene rings is 1. The average Bonchev–Trinajstić information content (AvgIpc) is 3.30. The number of amides is 1.